The van der Waals surface area contributed by atoms with E-state index in [4.69, 9.17) is 9.29 Å². The minimum absolute atomic E-state index is 0.0741. The fraction of sp³-hybridized carbons (Fsp3) is 0.240. The minimum atomic E-state index is -4.00. The fourth-order valence-corrected chi connectivity index (χ4v) is 4.50. The van der Waals surface area contributed by atoms with Gasteiger partial charge < -0.3 is 4.74 Å². The molecule has 1 aromatic heterocycles. The van der Waals surface area contributed by atoms with Crippen LogP contribution in [-0.4, -0.2) is 41.0 Å². The minimum Gasteiger partial charge on any atom is -0.493 e. The number of aryl methyl sites for hydroxylation is 1. The topological polar surface area (TPSA) is 123 Å². The number of pyridine rings is 1. The first kappa shape index (κ1) is 26.4. The number of hydrogen-bond acceptors (Lipinski definition) is 7. The molecular weight excluding hydrogens is 488 g/mol. The quantitative estimate of drug-likeness (QED) is 0.431. The highest BCUT2D eigenvalue weighted by Crippen LogP contribution is 2.24. The van der Waals surface area contributed by atoms with Gasteiger partial charge in [-0.25, -0.2) is 0 Å². The Morgan fingerprint density at radius 2 is 1.69 bits per heavy atom. The molecule has 3 aromatic rings. The molecule has 1 aliphatic rings. The van der Waals surface area contributed by atoms with E-state index in [1.54, 1.807) is 18.2 Å². The molecular formula is C25H26N2O6S2. The van der Waals surface area contributed by atoms with Crippen LogP contribution in [0.4, 0.5) is 4.79 Å². The van der Waals surface area contributed by atoms with Crippen molar-refractivity contribution in [3.05, 3.63) is 89.7 Å². The van der Waals surface area contributed by atoms with Gasteiger partial charge in [0.15, 0.2) is 0 Å². The molecule has 8 nitrogen and oxygen atoms in total. The van der Waals surface area contributed by atoms with Crippen LogP contribution in [0.3, 0.4) is 0 Å². The first-order valence-electron chi connectivity index (χ1n) is 10.9. The maximum absolute atomic E-state index is 11.6. The molecule has 184 valence electrons. The zero-order chi connectivity index (χ0) is 25.3. The smallest absolute Gasteiger partial charge is 0.294 e. The number of thioether (sulfide) groups is 1. The number of ether oxygens (including phenoxy) is 1. The van der Waals surface area contributed by atoms with E-state index in [0.717, 1.165) is 41.6 Å². The number of carbonyl (C=O) groups excluding carboxylic acids is 2. The summed E-state index contributed by atoms with van der Waals surface area (Å²) in [6.45, 7) is 2.67. The van der Waals surface area contributed by atoms with Crippen LogP contribution in [-0.2, 0) is 34.2 Å². The van der Waals surface area contributed by atoms with Gasteiger partial charge in [0, 0.05) is 18.3 Å². The molecule has 0 spiro atoms. The summed E-state index contributed by atoms with van der Waals surface area (Å²) in [4.78, 5) is 27.1. The molecule has 0 aliphatic carbocycles. The van der Waals surface area contributed by atoms with E-state index in [-0.39, 0.29) is 21.3 Å². The van der Waals surface area contributed by atoms with Gasteiger partial charge in [-0.05, 0) is 54.3 Å². The van der Waals surface area contributed by atoms with E-state index in [2.05, 4.69) is 23.3 Å². The summed E-state index contributed by atoms with van der Waals surface area (Å²) in [6.07, 6.45) is 4.19. The molecule has 1 saturated heterocycles. The third-order valence-corrected chi connectivity index (χ3v) is 6.92. The number of benzene rings is 2. The second-order valence-corrected chi connectivity index (χ2v) is 10.2. The van der Waals surface area contributed by atoms with Crippen molar-refractivity contribution in [1.82, 2.24) is 10.3 Å². The van der Waals surface area contributed by atoms with E-state index >= 15 is 0 Å². The van der Waals surface area contributed by atoms with E-state index in [9.17, 15) is 18.0 Å². The lowest BCUT2D eigenvalue weighted by atomic mass is 10.1. The lowest BCUT2D eigenvalue weighted by Crippen LogP contribution is -2.25. The normalized spacial score (nSPS) is 15.2. The summed E-state index contributed by atoms with van der Waals surface area (Å²) in [5.41, 5.74) is 3.25. The summed E-state index contributed by atoms with van der Waals surface area (Å²) in [5.74, 6) is 0.574. The summed E-state index contributed by atoms with van der Waals surface area (Å²) >= 11 is 1.05. The number of rotatable bonds is 8. The van der Waals surface area contributed by atoms with Gasteiger partial charge in [-0.3, -0.25) is 24.4 Å². The summed E-state index contributed by atoms with van der Waals surface area (Å²) in [7, 11) is -4.00. The number of imide groups is 1. The highest BCUT2D eigenvalue weighted by molar-refractivity contribution is 8.15. The van der Waals surface area contributed by atoms with Gasteiger partial charge in [-0.15, -0.1) is 0 Å². The van der Waals surface area contributed by atoms with Crippen molar-refractivity contribution in [3.8, 4) is 5.75 Å². The first-order valence-corrected chi connectivity index (χ1v) is 13.3. The Balaban J connectivity index is 0.000000287. The molecule has 0 saturated carbocycles. The highest BCUT2D eigenvalue weighted by atomic mass is 32.2. The van der Waals surface area contributed by atoms with Crippen LogP contribution in [0.25, 0.3) is 0 Å². The Bertz CT molecular complexity index is 1230. The van der Waals surface area contributed by atoms with Gasteiger partial charge in [0.2, 0.25) is 5.91 Å². The first-order chi connectivity index (χ1) is 16.7. The second kappa shape index (κ2) is 12.5. The second-order valence-electron chi connectivity index (χ2n) is 7.63. The maximum Gasteiger partial charge on any atom is 0.294 e. The highest BCUT2D eigenvalue weighted by Gasteiger charge is 2.31. The Labute approximate surface area is 208 Å². The van der Waals surface area contributed by atoms with Gasteiger partial charge >= 0.3 is 0 Å². The third-order valence-electron chi connectivity index (χ3n) is 5.07. The molecule has 1 aliphatic heterocycles. The average Bonchev–Trinajstić information content (AvgIpc) is 3.17. The van der Waals surface area contributed by atoms with Gasteiger partial charge in [0.05, 0.1) is 16.8 Å². The number of aromatic nitrogens is 1. The number of amides is 2. The molecule has 35 heavy (non-hydrogen) atoms. The van der Waals surface area contributed by atoms with Gasteiger partial charge in [-0.2, -0.15) is 8.42 Å². The van der Waals surface area contributed by atoms with Crippen molar-refractivity contribution >= 4 is 33.0 Å². The number of nitrogens with one attached hydrogen (secondary N) is 1. The molecule has 1 unspecified atom stereocenters. The molecule has 0 bridgehead atoms. The van der Waals surface area contributed by atoms with Crippen LogP contribution in [0.15, 0.2) is 77.8 Å². The fourth-order valence-electron chi connectivity index (χ4n) is 3.14. The third kappa shape index (κ3) is 8.50. The number of carbonyl (C=O) groups is 2. The van der Waals surface area contributed by atoms with Crippen LogP contribution in [0.5, 0.6) is 5.75 Å². The van der Waals surface area contributed by atoms with Crippen molar-refractivity contribution in [2.24, 2.45) is 0 Å². The number of hydrogen-bond donors (Lipinski definition) is 2. The average molecular weight is 515 g/mol. The van der Waals surface area contributed by atoms with Crippen LogP contribution in [0.1, 0.15) is 23.7 Å². The van der Waals surface area contributed by atoms with Gasteiger partial charge in [0.1, 0.15) is 5.75 Å². The van der Waals surface area contributed by atoms with Crippen molar-refractivity contribution in [3.63, 3.8) is 0 Å². The SMILES string of the molecule is CCc1ccc(CCOc2ccc(CC3SC(=O)NC3=O)cc2)nc1.O=S(=O)(O)c1ccccc1. The molecule has 10 heteroatoms. The lowest BCUT2D eigenvalue weighted by Gasteiger charge is -2.09. The zero-order valence-electron chi connectivity index (χ0n) is 19.1. The van der Waals surface area contributed by atoms with E-state index in [1.165, 1.54) is 17.7 Å². The molecule has 0 radical (unpaired) electrons. The Morgan fingerprint density at radius 3 is 2.20 bits per heavy atom. The standard InChI is InChI=1S/C19H20N2O3S.C6H6O3S/c1-2-13-3-6-15(20-12-13)9-10-24-16-7-4-14(5-8-16)11-17-18(22)21-19(23)25-17;7-10(8,9)6-4-2-1-3-5-6/h3-8,12,17H,2,9-11H2,1H3,(H,21,22,23);1-5H,(H,7,8,9). The Hall–Kier alpha value is -3.21. The predicted molar refractivity (Wildman–Crippen MR) is 134 cm³/mol. The number of nitrogens with zero attached hydrogens (tertiary/aromatic N) is 1. The van der Waals surface area contributed by atoms with Crippen LogP contribution in [0, 0.1) is 0 Å². The Kier molecular flexibility index (Phi) is 9.41. The van der Waals surface area contributed by atoms with Crippen LogP contribution < -0.4 is 10.1 Å². The molecule has 2 amide bonds. The molecule has 1 fully saturated rings. The Morgan fingerprint density at radius 1 is 1.00 bits per heavy atom. The maximum atomic E-state index is 11.6. The monoisotopic (exact) mass is 514 g/mol. The lowest BCUT2D eigenvalue weighted by molar-refractivity contribution is -0.118. The van der Waals surface area contributed by atoms with E-state index < -0.39 is 10.1 Å². The largest absolute Gasteiger partial charge is 0.493 e. The molecule has 2 N–H and O–H groups in total. The van der Waals surface area contributed by atoms with Gasteiger partial charge in [0.25, 0.3) is 15.4 Å². The zero-order valence-corrected chi connectivity index (χ0v) is 20.7. The molecule has 2 aromatic carbocycles. The van der Waals surface area contributed by atoms with Crippen molar-refractivity contribution in [2.45, 2.75) is 36.3 Å². The van der Waals surface area contributed by atoms with E-state index in [1.807, 2.05) is 36.5 Å². The van der Waals surface area contributed by atoms with Gasteiger partial charge in [-0.1, -0.05) is 55.1 Å². The molecule has 2 heterocycles. The summed E-state index contributed by atoms with van der Waals surface area (Å²) in [6, 6.07) is 19.2. The molecule has 4 rings (SSSR count). The summed E-state index contributed by atoms with van der Waals surface area (Å²) < 4.78 is 35.0. The molecule has 1 atom stereocenters. The van der Waals surface area contributed by atoms with Crippen LogP contribution >= 0.6 is 11.8 Å². The van der Waals surface area contributed by atoms with E-state index in [0.29, 0.717) is 13.0 Å². The van der Waals surface area contributed by atoms with Crippen molar-refractivity contribution < 1.29 is 27.3 Å². The van der Waals surface area contributed by atoms with Crippen molar-refractivity contribution in [2.75, 3.05) is 6.61 Å². The predicted octanol–water partition coefficient (Wildman–Crippen LogP) is 4.09. The summed E-state index contributed by atoms with van der Waals surface area (Å²) in [5, 5.41) is 1.70. The van der Waals surface area contributed by atoms with Crippen LogP contribution in [0.2, 0.25) is 0 Å². The van der Waals surface area contributed by atoms with Crippen molar-refractivity contribution in [1.29, 1.82) is 0 Å².